The van der Waals surface area contributed by atoms with Gasteiger partial charge in [0.2, 0.25) is 6.20 Å². The fourth-order valence-electron chi connectivity index (χ4n) is 0.651. The Morgan fingerprint density at radius 1 is 1.64 bits per heavy atom. The van der Waals surface area contributed by atoms with Gasteiger partial charge in [-0.15, -0.1) is 11.8 Å². The van der Waals surface area contributed by atoms with Crippen molar-refractivity contribution in [3.8, 4) is 0 Å². The molecule has 0 fully saturated rings. The van der Waals surface area contributed by atoms with Gasteiger partial charge in [0.25, 0.3) is 0 Å². The van der Waals surface area contributed by atoms with E-state index in [-0.39, 0.29) is 0 Å². The molecule has 78 valence electrons. The first-order chi connectivity index (χ1) is 6.56. The number of nitro groups is 1. The summed E-state index contributed by atoms with van der Waals surface area (Å²) in [6, 6.07) is 0. The summed E-state index contributed by atoms with van der Waals surface area (Å²) in [5.74, 6) is 0.946. The lowest BCUT2D eigenvalue weighted by Crippen LogP contribution is -1.85. The molecule has 0 aliphatic heterocycles. The Bertz CT molecular complexity index is 274. The van der Waals surface area contributed by atoms with Crippen LogP contribution >= 0.6 is 27.7 Å². The number of hydrogen-bond acceptors (Lipinski definition) is 3. The molecule has 0 aliphatic rings. The van der Waals surface area contributed by atoms with Crippen molar-refractivity contribution in [2.24, 2.45) is 0 Å². The Labute approximate surface area is 96.2 Å². The Morgan fingerprint density at radius 2 is 2.29 bits per heavy atom. The maximum Gasteiger partial charge on any atom is 0.237 e. The maximum absolute atomic E-state index is 10.1. The van der Waals surface area contributed by atoms with Gasteiger partial charge in [0.05, 0.1) is 4.92 Å². The molecule has 0 unspecified atom stereocenters. The second-order valence-corrected chi connectivity index (χ2v) is 4.51. The Kier molecular flexibility index (Phi) is 7.51. The van der Waals surface area contributed by atoms with Crippen molar-refractivity contribution in [1.29, 1.82) is 0 Å². The highest BCUT2D eigenvalue weighted by Crippen LogP contribution is 2.15. The molecule has 0 bridgehead atoms. The minimum atomic E-state index is -0.464. The molecule has 0 aromatic carbocycles. The van der Waals surface area contributed by atoms with Crippen LogP contribution in [0.1, 0.15) is 6.92 Å². The van der Waals surface area contributed by atoms with Gasteiger partial charge in [0, 0.05) is 21.6 Å². The smallest absolute Gasteiger partial charge is 0.237 e. The molecule has 0 rings (SSSR count). The molecule has 0 saturated carbocycles. The molecule has 5 heteroatoms. The average molecular weight is 278 g/mol. The molecule has 0 saturated heterocycles. The first-order valence-corrected chi connectivity index (χ1v) is 6.04. The highest BCUT2D eigenvalue weighted by atomic mass is 79.9. The number of nitrogens with zero attached hydrogens (tertiary/aromatic N) is 1. The van der Waals surface area contributed by atoms with Gasteiger partial charge in [0.1, 0.15) is 0 Å². The fraction of sp³-hybridized carbons (Fsp3) is 0.333. The van der Waals surface area contributed by atoms with E-state index in [1.807, 2.05) is 0 Å². The van der Waals surface area contributed by atoms with Crippen LogP contribution in [0.15, 0.2) is 35.4 Å². The molecular weight excluding hydrogens is 266 g/mol. The Morgan fingerprint density at radius 3 is 2.79 bits per heavy atom. The van der Waals surface area contributed by atoms with E-state index in [2.05, 4.69) is 22.5 Å². The minimum Gasteiger partial charge on any atom is -0.259 e. The van der Waals surface area contributed by atoms with Gasteiger partial charge in [-0.2, -0.15) is 0 Å². The van der Waals surface area contributed by atoms with E-state index in [4.69, 9.17) is 0 Å². The number of halogens is 1. The van der Waals surface area contributed by atoms with Crippen molar-refractivity contribution in [3.05, 3.63) is 45.5 Å². The zero-order chi connectivity index (χ0) is 11.0. The van der Waals surface area contributed by atoms with Gasteiger partial charge >= 0.3 is 0 Å². The summed E-state index contributed by atoms with van der Waals surface area (Å²) >= 11 is 4.92. The van der Waals surface area contributed by atoms with Gasteiger partial charge in [-0.3, -0.25) is 10.1 Å². The molecular formula is C9H12BrNO2S. The van der Waals surface area contributed by atoms with Crippen molar-refractivity contribution >= 4 is 27.7 Å². The van der Waals surface area contributed by atoms with Crippen LogP contribution in [0.3, 0.4) is 0 Å². The summed E-state index contributed by atoms with van der Waals surface area (Å²) < 4.78 is 0. The summed E-state index contributed by atoms with van der Waals surface area (Å²) in [5.41, 5.74) is 0.607. The molecule has 0 spiro atoms. The Balaban J connectivity index is 4.03. The van der Waals surface area contributed by atoms with Crippen LogP contribution in [-0.4, -0.2) is 16.0 Å². The van der Waals surface area contributed by atoms with Crippen molar-refractivity contribution in [2.45, 2.75) is 6.92 Å². The van der Waals surface area contributed by atoms with Crippen LogP contribution < -0.4 is 0 Å². The molecule has 0 heterocycles. The monoisotopic (exact) mass is 277 g/mol. The lowest BCUT2D eigenvalue weighted by Gasteiger charge is -1.95. The van der Waals surface area contributed by atoms with E-state index < -0.39 is 4.92 Å². The number of thioether (sulfide) groups is 1. The summed E-state index contributed by atoms with van der Waals surface area (Å²) in [4.78, 5) is 10.5. The third-order valence-electron chi connectivity index (χ3n) is 1.21. The zero-order valence-corrected chi connectivity index (χ0v) is 10.3. The predicted octanol–water partition coefficient (Wildman–Crippen LogP) is 3.36. The van der Waals surface area contributed by atoms with Crippen LogP contribution in [0, 0.1) is 10.1 Å². The molecule has 0 N–H and O–H groups in total. The van der Waals surface area contributed by atoms with E-state index in [0.717, 1.165) is 22.2 Å². The molecule has 3 nitrogen and oxygen atoms in total. The molecule has 0 aromatic rings. The zero-order valence-electron chi connectivity index (χ0n) is 7.90. The van der Waals surface area contributed by atoms with Gasteiger partial charge in [-0.1, -0.05) is 28.6 Å². The van der Waals surface area contributed by atoms with E-state index in [9.17, 15) is 10.1 Å². The van der Waals surface area contributed by atoms with Gasteiger partial charge in [-0.25, -0.2) is 0 Å². The second kappa shape index (κ2) is 7.82. The van der Waals surface area contributed by atoms with Crippen molar-refractivity contribution in [1.82, 2.24) is 0 Å². The summed E-state index contributed by atoms with van der Waals surface area (Å²) in [6.45, 7) is 5.48. The average Bonchev–Trinajstić information content (AvgIpc) is 2.10. The van der Waals surface area contributed by atoms with Crippen molar-refractivity contribution in [2.75, 3.05) is 11.1 Å². The van der Waals surface area contributed by atoms with Crippen LogP contribution in [-0.2, 0) is 0 Å². The molecule has 0 aliphatic carbocycles. The topological polar surface area (TPSA) is 43.1 Å². The SMILES string of the molecule is C=C(/C=C\C(C)=C\[N+](=O)[O-])SCCBr. The first kappa shape index (κ1) is 13.4. The fourth-order valence-corrected chi connectivity index (χ4v) is 1.64. The summed E-state index contributed by atoms with van der Waals surface area (Å²) in [5, 5.41) is 11.0. The second-order valence-electron chi connectivity index (χ2n) is 2.50. The lowest BCUT2D eigenvalue weighted by atomic mass is 10.3. The van der Waals surface area contributed by atoms with Crippen LogP contribution in [0.2, 0.25) is 0 Å². The third-order valence-corrected chi connectivity index (χ3v) is 3.04. The molecule has 0 radical (unpaired) electrons. The molecule has 0 atom stereocenters. The van der Waals surface area contributed by atoms with E-state index in [1.165, 1.54) is 0 Å². The van der Waals surface area contributed by atoms with Crippen molar-refractivity contribution in [3.63, 3.8) is 0 Å². The van der Waals surface area contributed by atoms with Crippen LogP contribution in [0.4, 0.5) is 0 Å². The van der Waals surface area contributed by atoms with Gasteiger partial charge in [0.15, 0.2) is 0 Å². The number of rotatable bonds is 6. The largest absolute Gasteiger partial charge is 0.259 e. The molecule has 14 heavy (non-hydrogen) atoms. The van der Waals surface area contributed by atoms with E-state index >= 15 is 0 Å². The number of allylic oxidation sites excluding steroid dienone is 3. The Hall–Kier alpha value is -0.550. The molecule has 0 amide bonds. The standard InChI is InChI=1S/C9H12BrNO2S/c1-8(7-11(12)13)3-4-9(2)14-6-5-10/h3-4,7H,2,5-6H2,1H3/b4-3-,8-7+. The normalized spacial score (nSPS) is 12.0. The quantitative estimate of drug-likeness (QED) is 0.324. The lowest BCUT2D eigenvalue weighted by molar-refractivity contribution is -0.403. The van der Waals surface area contributed by atoms with Gasteiger partial charge < -0.3 is 0 Å². The van der Waals surface area contributed by atoms with Crippen LogP contribution in [0.25, 0.3) is 0 Å². The summed E-state index contributed by atoms with van der Waals surface area (Å²) in [6.07, 6.45) is 4.44. The first-order valence-electron chi connectivity index (χ1n) is 3.94. The van der Waals surface area contributed by atoms with Gasteiger partial charge in [-0.05, 0) is 13.0 Å². The third kappa shape index (κ3) is 8.07. The van der Waals surface area contributed by atoms with E-state index in [0.29, 0.717) is 5.57 Å². The maximum atomic E-state index is 10.1. The number of alkyl halides is 1. The highest BCUT2D eigenvalue weighted by molar-refractivity contribution is 9.09. The highest BCUT2D eigenvalue weighted by Gasteiger charge is 1.92. The molecule has 0 aromatic heterocycles. The van der Waals surface area contributed by atoms with E-state index in [1.54, 1.807) is 30.8 Å². The van der Waals surface area contributed by atoms with Crippen molar-refractivity contribution < 1.29 is 4.92 Å². The summed E-state index contributed by atoms with van der Waals surface area (Å²) in [7, 11) is 0. The number of hydrogen-bond donors (Lipinski definition) is 0. The minimum absolute atomic E-state index is 0.464. The predicted molar refractivity (Wildman–Crippen MR) is 65.3 cm³/mol. The van der Waals surface area contributed by atoms with Crippen LogP contribution in [0.5, 0.6) is 0 Å².